The maximum absolute atomic E-state index is 9.96. The fourth-order valence-electron chi connectivity index (χ4n) is 5.73. The minimum atomic E-state index is 0.178. The van der Waals surface area contributed by atoms with E-state index in [1.54, 1.807) is 6.33 Å². The van der Waals surface area contributed by atoms with Gasteiger partial charge < -0.3 is 19.6 Å². The molecule has 2 fully saturated rings. The number of hydrogen-bond donors (Lipinski definition) is 2. The summed E-state index contributed by atoms with van der Waals surface area (Å²) >= 11 is 0. The molecular formula is C26H28N6O. The molecule has 2 N–H and O–H groups in total. The maximum Gasteiger partial charge on any atom is 0.104 e. The number of aliphatic hydroxyl groups excluding tert-OH is 1. The van der Waals surface area contributed by atoms with E-state index in [2.05, 4.69) is 49.8 Å². The molecular weight excluding hydrogens is 412 g/mol. The van der Waals surface area contributed by atoms with E-state index in [1.165, 1.54) is 37.6 Å². The molecule has 7 heteroatoms. The van der Waals surface area contributed by atoms with Crippen LogP contribution < -0.4 is 4.90 Å². The first-order chi connectivity index (χ1) is 16.3. The van der Waals surface area contributed by atoms with Gasteiger partial charge in [-0.25, -0.2) is 9.97 Å². The number of hydrogen-bond acceptors (Lipinski definition) is 5. The number of aromatic amines is 1. The van der Waals surface area contributed by atoms with Crippen LogP contribution in [-0.4, -0.2) is 44.3 Å². The number of benzene rings is 2. The van der Waals surface area contributed by atoms with Crippen LogP contribution in [0.4, 0.5) is 5.69 Å². The van der Waals surface area contributed by atoms with Crippen LogP contribution >= 0.6 is 0 Å². The first kappa shape index (κ1) is 20.3. The molecule has 3 heterocycles. The highest BCUT2D eigenvalue weighted by Crippen LogP contribution is 2.38. The van der Waals surface area contributed by atoms with Crippen molar-refractivity contribution in [2.24, 2.45) is 5.92 Å². The molecule has 1 aliphatic heterocycles. The van der Waals surface area contributed by atoms with E-state index in [0.717, 1.165) is 52.9 Å². The van der Waals surface area contributed by atoms with Crippen molar-refractivity contribution in [2.75, 3.05) is 24.6 Å². The molecule has 2 aromatic carbocycles. The highest BCUT2D eigenvalue weighted by Gasteiger charge is 2.26. The highest BCUT2D eigenvalue weighted by atomic mass is 16.3. The number of aromatic nitrogens is 4. The topological polar surface area (TPSA) is 93.8 Å². The van der Waals surface area contributed by atoms with Crippen molar-refractivity contribution in [1.82, 2.24) is 19.5 Å². The summed E-state index contributed by atoms with van der Waals surface area (Å²) in [5, 5.41) is 19.6. The van der Waals surface area contributed by atoms with Gasteiger partial charge in [-0.2, -0.15) is 5.26 Å². The van der Waals surface area contributed by atoms with Crippen LogP contribution in [0.1, 0.15) is 50.1 Å². The number of fused-ring (bicyclic) bond motifs is 2. The van der Waals surface area contributed by atoms with Gasteiger partial charge in [0.1, 0.15) is 11.6 Å². The molecule has 0 amide bonds. The minimum Gasteiger partial charge on any atom is -0.396 e. The zero-order valence-corrected chi connectivity index (χ0v) is 18.7. The normalized spacial score (nSPS) is 19.5. The van der Waals surface area contributed by atoms with Crippen molar-refractivity contribution in [3.63, 3.8) is 0 Å². The van der Waals surface area contributed by atoms with Gasteiger partial charge >= 0.3 is 0 Å². The quantitative estimate of drug-likeness (QED) is 0.476. The minimum absolute atomic E-state index is 0.178. The number of imidazole rings is 2. The van der Waals surface area contributed by atoms with Crippen LogP contribution in [0.5, 0.6) is 0 Å². The number of nitriles is 1. The lowest BCUT2D eigenvalue weighted by Crippen LogP contribution is -2.21. The van der Waals surface area contributed by atoms with Crippen molar-refractivity contribution < 1.29 is 5.11 Å². The Morgan fingerprint density at radius 1 is 1.12 bits per heavy atom. The van der Waals surface area contributed by atoms with Crippen molar-refractivity contribution in [3.05, 3.63) is 42.5 Å². The number of aliphatic hydroxyl groups is 1. The molecule has 1 saturated carbocycles. The molecule has 2 aromatic heterocycles. The second kappa shape index (κ2) is 8.20. The van der Waals surface area contributed by atoms with Crippen LogP contribution in [-0.2, 0) is 0 Å². The Morgan fingerprint density at radius 2 is 2.00 bits per heavy atom. The van der Waals surface area contributed by atoms with Crippen molar-refractivity contribution in [3.8, 4) is 17.2 Å². The lowest BCUT2D eigenvalue weighted by molar-refractivity contribution is 0.238. The molecule has 1 aliphatic carbocycles. The summed E-state index contributed by atoms with van der Waals surface area (Å²) < 4.78 is 2.35. The summed E-state index contributed by atoms with van der Waals surface area (Å²) in [4.78, 5) is 14.7. The number of H-pyrrole nitrogens is 1. The summed E-state index contributed by atoms with van der Waals surface area (Å²) in [7, 11) is 0. The van der Waals surface area contributed by atoms with Crippen LogP contribution in [0.15, 0.2) is 36.9 Å². The molecule has 168 valence electrons. The number of nitrogens with one attached hydrogen (secondary N) is 1. The Bertz CT molecular complexity index is 1360. The van der Waals surface area contributed by atoms with Crippen LogP contribution in [0.25, 0.3) is 33.2 Å². The van der Waals surface area contributed by atoms with Gasteiger partial charge in [0.25, 0.3) is 0 Å². The third-order valence-electron chi connectivity index (χ3n) is 7.53. The first-order valence-corrected chi connectivity index (χ1v) is 12.0. The molecule has 33 heavy (non-hydrogen) atoms. The zero-order valence-electron chi connectivity index (χ0n) is 18.7. The van der Waals surface area contributed by atoms with Gasteiger partial charge in [0.05, 0.1) is 40.4 Å². The average molecular weight is 441 g/mol. The Labute approximate surface area is 192 Å². The Morgan fingerprint density at radius 3 is 2.79 bits per heavy atom. The summed E-state index contributed by atoms with van der Waals surface area (Å²) in [5.41, 5.74) is 7.33. The van der Waals surface area contributed by atoms with Gasteiger partial charge in [0, 0.05) is 37.2 Å². The summed E-state index contributed by atoms with van der Waals surface area (Å²) in [6, 6.07) is 11.5. The van der Waals surface area contributed by atoms with Crippen molar-refractivity contribution in [1.29, 1.82) is 5.26 Å². The third-order valence-corrected chi connectivity index (χ3v) is 7.53. The molecule has 6 rings (SSSR count). The second-order valence-corrected chi connectivity index (χ2v) is 9.49. The van der Waals surface area contributed by atoms with E-state index in [0.29, 0.717) is 11.6 Å². The molecule has 0 bridgehead atoms. The van der Waals surface area contributed by atoms with E-state index in [-0.39, 0.29) is 12.5 Å². The second-order valence-electron chi connectivity index (χ2n) is 9.49. The fraction of sp³-hybridized carbons (Fsp3) is 0.423. The van der Waals surface area contributed by atoms with Gasteiger partial charge in [0.15, 0.2) is 0 Å². The van der Waals surface area contributed by atoms with E-state index >= 15 is 0 Å². The van der Waals surface area contributed by atoms with E-state index in [1.807, 2.05) is 6.33 Å². The standard InChI is InChI=1S/C26H28N6O/c27-12-21-24(31-9-8-17(13-31)14-33)11-20(25-26(21)29-15-28-25)18-6-7-23-22(10-18)30-16-32(23)19-4-2-1-3-5-19/h6-7,10-11,15-17,19,33H,1-5,8-9,13-14H2,(H,28,29)/t17-/m0/s1. The summed E-state index contributed by atoms with van der Waals surface area (Å²) in [6.45, 7) is 1.77. The number of nitrogens with zero attached hydrogens (tertiary/aromatic N) is 5. The fourth-order valence-corrected chi connectivity index (χ4v) is 5.73. The molecule has 1 saturated heterocycles. The van der Waals surface area contributed by atoms with Crippen LogP contribution in [0, 0.1) is 17.2 Å². The molecule has 2 aliphatic rings. The first-order valence-electron chi connectivity index (χ1n) is 12.0. The summed E-state index contributed by atoms with van der Waals surface area (Å²) in [6.07, 6.45) is 11.0. The zero-order chi connectivity index (χ0) is 22.4. The van der Waals surface area contributed by atoms with Crippen molar-refractivity contribution in [2.45, 2.75) is 44.6 Å². The molecule has 0 spiro atoms. The van der Waals surface area contributed by atoms with Gasteiger partial charge in [-0.3, -0.25) is 0 Å². The Hall–Kier alpha value is -3.37. The van der Waals surface area contributed by atoms with Crippen LogP contribution in [0.2, 0.25) is 0 Å². The molecule has 1 atom stereocenters. The van der Waals surface area contributed by atoms with E-state index in [4.69, 9.17) is 4.98 Å². The Kier molecular flexibility index (Phi) is 5.03. The predicted octanol–water partition coefficient (Wildman–Crippen LogP) is 4.78. The smallest absolute Gasteiger partial charge is 0.104 e. The summed E-state index contributed by atoms with van der Waals surface area (Å²) in [5.74, 6) is 0.248. The lowest BCUT2D eigenvalue weighted by Gasteiger charge is -2.23. The van der Waals surface area contributed by atoms with Gasteiger partial charge in [-0.1, -0.05) is 25.3 Å². The largest absolute Gasteiger partial charge is 0.396 e. The third kappa shape index (κ3) is 3.37. The maximum atomic E-state index is 9.96. The average Bonchev–Trinajstić information content (AvgIpc) is 3.62. The van der Waals surface area contributed by atoms with Crippen LogP contribution in [0.3, 0.4) is 0 Å². The predicted molar refractivity (Wildman–Crippen MR) is 129 cm³/mol. The molecule has 0 radical (unpaired) electrons. The van der Waals surface area contributed by atoms with Gasteiger partial charge in [-0.15, -0.1) is 0 Å². The van der Waals surface area contributed by atoms with E-state index in [9.17, 15) is 10.4 Å². The monoisotopic (exact) mass is 440 g/mol. The number of rotatable bonds is 4. The lowest BCUT2D eigenvalue weighted by atomic mass is 9.95. The van der Waals surface area contributed by atoms with E-state index < -0.39 is 0 Å². The molecule has 7 nitrogen and oxygen atoms in total. The van der Waals surface area contributed by atoms with Gasteiger partial charge in [-0.05, 0) is 43.0 Å². The van der Waals surface area contributed by atoms with Gasteiger partial charge in [0.2, 0.25) is 0 Å². The molecule has 0 unspecified atom stereocenters. The van der Waals surface area contributed by atoms with Crippen molar-refractivity contribution >= 4 is 27.8 Å². The SMILES string of the molecule is N#Cc1c(N2CC[C@H](CO)C2)cc(-c2ccc3c(c2)ncn3C2CCCCC2)c2nc[nH]c12. The molecule has 4 aromatic rings. The highest BCUT2D eigenvalue weighted by molar-refractivity contribution is 6.00. The Balaban J connectivity index is 1.46. The number of anilines is 1.